The van der Waals surface area contributed by atoms with Crippen molar-refractivity contribution in [1.29, 1.82) is 0 Å². The predicted octanol–water partition coefficient (Wildman–Crippen LogP) is 2.45. The number of aryl methyl sites for hydroxylation is 1. The smallest absolute Gasteiger partial charge is 0.275 e. The van der Waals surface area contributed by atoms with E-state index >= 15 is 0 Å². The van der Waals surface area contributed by atoms with Crippen LogP contribution in [0.5, 0.6) is 5.75 Å². The second-order valence-electron chi connectivity index (χ2n) is 4.07. The Hall–Kier alpha value is -2.56. The fourth-order valence-electron chi connectivity index (χ4n) is 1.54. The lowest BCUT2D eigenvalue weighted by Crippen LogP contribution is -2.19. The highest BCUT2D eigenvalue weighted by atomic mass is 16.3. The van der Waals surface area contributed by atoms with E-state index in [1.54, 1.807) is 25.1 Å². The first-order valence-electron chi connectivity index (χ1n) is 5.77. The Labute approximate surface area is 110 Å². The van der Waals surface area contributed by atoms with Crippen molar-refractivity contribution in [2.24, 2.45) is 5.10 Å². The van der Waals surface area contributed by atoms with Crippen LogP contribution >= 0.6 is 0 Å². The van der Waals surface area contributed by atoms with Gasteiger partial charge in [-0.05, 0) is 38.1 Å². The zero-order chi connectivity index (χ0) is 13.8. The van der Waals surface area contributed by atoms with Gasteiger partial charge in [0.25, 0.3) is 5.91 Å². The zero-order valence-electron chi connectivity index (χ0n) is 10.7. The minimum atomic E-state index is -0.472. The molecule has 0 bridgehead atoms. The lowest BCUT2D eigenvalue weighted by Gasteiger charge is -2.03. The topological polar surface area (TPSA) is 74.8 Å². The van der Waals surface area contributed by atoms with E-state index in [2.05, 4.69) is 10.5 Å². The number of carbonyl (C=O) groups is 1. The van der Waals surface area contributed by atoms with Gasteiger partial charge in [0.1, 0.15) is 23.0 Å². The minimum absolute atomic E-state index is 0.0818. The molecule has 0 saturated heterocycles. The van der Waals surface area contributed by atoms with E-state index in [0.29, 0.717) is 11.5 Å². The molecule has 98 valence electrons. The van der Waals surface area contributed by atoms with Gasteiger partial charge in [-0.2, -0.15) is 5.10 Å². The minimum Gasteiger partial charge on any atom is -0.507 e. The Morgan fingerprint density at radius 3 is 2.63 bits per heavy atom. The van der Waals surface area contributed by atoms with Gasteiger partial charge in [0.05, 0.1) is 5.56 Å². The van der Waals surface area contributed by atoms with Crippen LogP contribution in [0.2, 0.25) is 0 Å². The number of aromatic hydroxyl groups is 1. The number of hydrazone groups is 1. The van der Waals surface area contributed by atoms with Crippen molar-refractivity contribution in [3.63, 3.8) is 0 Å². The van der Waals surface area contributed by atoms with Gasteiger partial charge in [-0.15, -0.1) is 0 Å². The maximum Gasteiger partial charge on any atom is 0.275 e. The van der Waals surface area contributed by atoms with Gasteiger partial charge in [-0.25, -0.2) is 5.43 Å². The number of furan rings is 1. The highest BCUT2D eigenvalue weighted by Gasteiger charge is 2.10. The highest BCUT2D eigenvalue weighted by Crippen LogP contribution is 2.15. The number of benzene rings is 1. The Kier molecular flexibility index (Phi) is 3.66. The van der Waals surface area contributed by atoms with Gasteiger partial charge in [-0.1, -0.05) is 12.1 Å². The first kappa shape index (κ1) is 12.9. The summed E-state index contributed by atoms with van der Waals surface area (Å²) in [5.41, 5.74) is 3.10. The van der Waals surface area contributed by atoms with Crippen LogP contribution in [0, 0.1) is 6.92 Å². The normalized spacial score (nSPS) is 11.4. The third-order valence-electron chi connectivity index (χ3n) is 2.57. The molecule has 2 N–H and O–H groups in total. The molecule has 1 heterocycles. The van der Waals surface area contributed by atoms with E-state index in [4.69, 9.17) is 4.42 Å². The zero-order valence-corrected chi connectivity index (χ0v) is 10.7. The molecule has 2 rings (SSSR count). The molecule has 0 fully saturated rings. The lowest BCUT2D eigenvalue weighted by molar-refractivity contribution is 0.0952. The molecular formula is C14H14N2O3. The Morgan fingerprint density at radius 2 is 2.00 bits per heavy atom. The van der Waals surface area contributed by atoms with Crippen LogP contribution in [0.3, 0.4) is 0 Å². The molecule has 1 aromatic carbocycles. The standard InChI is InChI=1S/C14H14N2O3/c1-9-7-8-13(19-9)10(2)15-16-14(18)11-5-3-4-6-12(11)17/h3-8,17H,1-2H3,(H,16,18)/b15-10-. The molecular weight excluding hydrogens is 244 g/mol. The summed E-state index contributed by atoms with van der Waals surface area (Å²) in [7, 11) is 0. The van der Waals surface area contributed by atoms with E-state index in [1.165, 1.54) is 12.1 Å². The summed E-state index contributed by atoms with van der Waals surface area (Å²) in [6, 6.07) is 9.88. The fourth-order valence-corrected chi connectivity index (χ4v) is 1.54. The molecule has 0 atom stereocenters. The van der Waals surface area contributed by atoms with Crippen LogP contribution in [-0.2, 0) is 0 Å². The molecule has 5 nitrogen and oxygen atoms in total. The van der Waals surface area contributed by atoms with Crippen molar-refractivity contribution >= 4 is 11.6 Å². The number of hydrogen-bond acceptors (Lipinski definition) is 4. The quantitative estimate of drug-likeness (QED) is 0.656. The summed E-state index contributed by atoms with van der Waals surface area (Å²) in [6.45, 7) is 3.56. The molecule has 0 aliphatic rings. The van der Waals surface area contributed by atoms with Crippen LogP contribution in [0.15, 0.2) is 45.9 Å². The number of para-hydroxylation sites is 1. The monoisotopic (exact) mass is 258 g/mol. The van der Waals surface area contributed by atoms with Gasteiger partial charge in [-0.3, -0.25) is 4.79 Å². The van der Waals surface area contributed by atoms with E-state index < -0.39 is 5.91 Å². The van der Waals surface area contributed by atoms with Gasteiger partial charge < -0.3 is 9.52 Å². The molecule has 2 aromatic rings. The van der Waals surface area contributed by atoms with E-state index in [0.717, 1.165) is 5.76 Å². The average molecular weight is 258 g/mol. The molecule has 1 amide bonds. The molecule has 0 aliphatic heterocycles. The first-order valence-corrected chi connectivity index (χ1v) is 5.77. The predicted molar refractivity (Wildman–Crippen MR) is 71.2 cm³/mol. The summed E-state index contributed by atoms with van der Waals surface area (Å²) in [5, 5.41) is 13.5. The second kappa shape index (κ2) is 5.39. The van der Waals surface area contributed by atoms with Crippen molar-refractivity contribution in [3.05, 3.63) is 53.5 Å². The highest BCUT2D eigenvalue weighted by molar-refractivity contribution is 6.00. The van der Waals surface area contributed by atoms with Crippen molar-refractivity contribution in [1.82, 2.24) is 5.43 Å². The van der Waals surface area contributed by atoms with Crippen LogP contribution in [0.4, 0.5) is 0 Å². The van der Waals surface area contributed by atoms with E-state index in [1.807, 2.05) is 13.0 Å². The molecule has 0 radical (unpaired) electrons. The third kappa shape index (κ3) is 3.01. The molecule has 0 unspecified atom stereocenters. The van der Waals surface area contributed by atoms with Crippen LogP contribution in [0.25, 0.3) is 0 Å². The van der Waals surface area contributed by atoms with Gasteiger partial charge in [0, 0.05) is 0 Å². The number of nitrogens with one attached hydrogen (secondary N) is 1. The van der Waals surface area contributed by atoms with Crippen molar-refractivity contribution in [2.75, 3.05) is 0 Å². The first-order chi connectivity index (χ1) is 9.08. The van der Waals surface area contributed by atoms with Gasteiger partial charge in [0.15, 0.2) is 0 Å². The molecule has 0 saturated carbocycles. The van der Waals surface area contributed by atoms with E-state index in [-0.39, 0.29) is 11.3 Å². The lowest BCUT2D eigenvalue weighted by atomic mass is 10.2. The van der Waals surface area contributed by atoms with Crippen LogP contribution in [-0.4, -0.2) is 16.7 Å². The van der Waals surface area contributed by atoms with Crippen molar-refractivity contribution in [3.8, 4) is 5.75 Å². The Balaban J connectivity index is 2.10. The summed E-state index contributed by atoms with van der Waals surface area (Å²) in [5.74, 6) is 0.814. The number of hydrogen-bond donors (Lipinski definition) is 2. The fraction of sp³-hybridized carbons (Fsp3) is 0.143. The largest absolute Gasteiger partial charge is 0.507 e. The summed E-state index contributed by atoms with van der Waals surface area (Å²) in [4.78, 5) is 11.8. The van der Waals surface area contributed by atoms with Gasteiger partial charge in [0.2, 0.25) is 0 Å². The second-order valence-corrected chi connectivity index (χ2v) is 4.07. The Bertz CT molecular complexity index is 629. The number of nitrogens with zero attached hydrogens (tertiary/aromatic N) is 1. The van der Waals surface area contributed by atoms with Gasteiger partial charge >= 0.3 is 0 Å². The van der Waals surface area contributed by atoms with E-state index in [9.17, 15) is 9.90 Å². The summed E-state index contributed by atoms with van der Waals surface area (Å²) >= 11 is 0. The summed E-state index contributed by atoms with van der Waals surface area (Å²) < 4.78 is 5.38. The molecule has 1 aromatic heterocycles. The van der Waals surface area contributed by atoms with Crippen molar-refractivity contribution < 1.29 is 14.3 Å². The third-order valence-corrected chi connectivity index (χ3v) is 2.57. The SMILES string of the molecule is C/C(=N/NC(=O)c1ccccc1O)c1ccc(C)o1. The average Bonchev–Trinajstić information content (AvgIpc) is 2.83. The number of carbonyl (C=O) groups excluding carboxylic acids is 1. The van der Waals surface area contributed by atoms with Crippen molar-refractivity contribution in [2.45, 2.75) is 13.8 Å². The summed E-state index contributed by atoms with van der Waals surface area (Å²) in [6.07, 6.45) is 0. The Morgan fingerprint density at radius 1 is 1.26 bits per heavy atom. The molecule has 19 heavy (non-hydrogen) atoms. The maximum atomic E-state index is 11.8. The molecule has 5 heteroatoms. The number of phenolic OH excluding ortho intramolecular Hbond substituents is 1. The molecule has 0 aliphatic carbocycles. The molecule has 0 spiro atoms. The van der Waals surface area contributed by atoms with Crippen LogP contribution in [0.1, 0.15) is 28.8 Å². The number of rotatable bonds is 3. The number of phenols is 1. The maximum absolute atomic E-state index is 11.8. The number of amides is 1. The van der Waals surface area contributed by atoms with Crippen LogP contribution < -0.4 is 5.43 Å².